The van der Waals surface area contributed by atoms with Gasteiger partial charge in [0.1, 0.15) is 6.10 Å². The number of pyridine rings is 1. The molecule has 3 aliphatic rings. The molecule has 3 aromatic rings. The second-order valence-electron chi connectivity index (χ2n) is 12.7. The van der Waals surface area contributed by atoms with Gasteiger partial charge in [-0.15, -0.1) is 0 Å². The summed E-state index contributed by atoms with van der Waals surface area (Å²) >= 11 is 0. The summed E-state index contributed by atoms with van der Waals surface area (Å²) in [5, 5.41) is 5.23. The second kappa shape index (κ2) is 13.7. The highest BCUT2D eigenvalue weighted by molar-refractivity contribution is 6.03. The van der Waals surface area contributed by atoms with Crippen molar-refractivity contribution in [1.82, 2.24) is 20.3 Å². The van der Waals surface area contributed by atoms with Crippen molar-refractivity contribution in [1.29, 1.82) is 0 Å². The zero-order valence-corrected chi connectivity index (χ0v) is 25.9. The minimum absolute atomic E-state index is 0.0191. The molecule has 3 unspecified atom stereocenters. The number of nitrogens with one attached hydrogen (secondary N) is 3. The number of carbonyl (C=O) groups excluding carboxylic acids is 2. The summed E-state index contributed by atoms with van der Waals surface area (Å²) < 4.78 is 118. The Labute approximate surface area is 274 Å². The van der Waals surface area contributed by atoms with Gasteiger partial charge in [0.2, 0.25) is 17.7 Å². The number of ketones is 1. The van der Waals surface area contributed by atoms with Gasteiger partial charge in [-0.25, -0.2) is 8.78 Å². The molecule has 1 saturated heterocycles. The predicted molar refractivity (Wildman–Crippen MR) is 158 cm³/mol. The fourth-order valence-corrected chi connectivity index (χ4v) is 6.79. The highest BCUT2D eigenvalue weighted by Gasteiger charge is 2.51. The standard InChI is InChI=1S/C32H33F8N5O4/c33-25(34)14-49-29-20(26(46)19-11-18(19)16-4-6-17(7-5-16)31(35,36)37)12-23-27(44-29)45-30(43-23)42-22-10-15(3-8-21(22)32(38,39)40)13-41-28(47)24-2-1-9-48-24/h3,8,10,12,16-19,24-25H,1-2,4-7,9,11,13-14H2,(H,41,47)(H2,42,43,44,45). The number of halogens is 8. The number of aromatic nitrogens is 3. The van der Waals surface area contributed by atoms with Gasteiger partial charge in [-0.2, -0.15) is 36.3 Å². The molecule has 9 nitrogen and oxygen atoms in total. The number of H-pyrrole nitrogens is 1. The number of amides is 1. The van der Waals surface area contributed by atoms with Gasteiger partial charge in [0.15, 0.2) is 18.0 Å². The lowest BCUT2D eigenvalue weighted by molar-refractivity contribution is -0.184. The molecular weight excluding hydrogens is 670 g/mol. The lowest BCUT2D eigenvalue weighted by Gasteiger charge is -2.30. The highest BCUT2D eigenvalue weighted by atomic mass is 19.4. The first-order valence-electron chi connectivity index (χ1n) is 16.0. The summed E-state index contributed by atoms with van der Waals surface area (Å²) in [6.07, 6.45) is -10.3. The summed E-state index contributed by atoms with van der Waals surface area (Å²) in [6, 6.07) is 4.55. The van der Waals surface area contributed by atoms with E-state index in [1.165, 1.54) is 18.2 Å². The van der Waals surface area contributed by atoms with Crippen LogP contribution in [0.1, 0.15) is 66.4 Å². The molecule has 6 rings (SSSR count). The van der Waals surface area contributed by atoms with Crippen LogP contribution in [0.4, 0.5) is 46.8 Å². The van der Waals surface area contributed by atoms with Gasteiger partial charge in [0, 0.05) is 19.1 Å². The van der Waals surface area contributed by atoms with E-state index >= 15 is 0 Å². The van der Waals surface area contributed by atoms with E-state index in [1.807, 2.05) is 0 Å². The quantitative estimate of drug-likeness (QED) is 0.141. The van der Waals surface area contributed by atoms with Crippen molar-refractivity contribution in [3.05, 3.63) is 41.0 Å². The molecule has 1 aromatic carbocycles. The van der Waals surface area contributed by atoms with Gasteiger partial charge in [0.05, 0.1) is 28.2 Å². The zero-order valence-electron chi connectivity index (χ0n) is 25.9. The molecule has 3 heterocycles. The Morgan fingerprint density at radius 2 is 1.78 bits per heavy atom. The maximum Gasteiger partial charge on any atom is 0.418 e. The maximum atomic E-state index is 13.9. The molecule has 2 saturated carbocycles. The van der Waals surface area contributed by atoms with E-state index in [0.717, 1.165) is 12.5 Å². The van der Waals surface area contributed by atoms with E-state index in [1.54, 1.807) is 0 Å². The lowest BCUT2D eigenvalue weighted by Crippen LogP contribution is -2.33. The van der Waals surface area contributed by atoms with Crippen LogP contribution < -0.4 is 15.4 Å². The topological polar surface area (TPSA) is 118 Å². The van der Waals surface area contributed by atoms with Crippen LogP contribution in [0.5, 0.6) is 5.88 Å². The van der Waals surface area contributed by atoms with Crippen LogP contribution in [0.3, 0.4) is 0 Å². The summed E-state index contributed by atoms with van der Waals surface area (Å²) in [4.78, 5) is 36.9. The van der Waals surface area contributed by atoms with Crippen LogP contribution in [-0.4, -0.2) is 58.6 Å². The van der Waals surface area contributed by atoms with E-state index in [0.29, 0.717) is 37.9 Å². The molecule has 3 N–H and O–H groups in total. The monoisotopic (exact) mass is 703 g/mol. The van der Waals surface area contributed by atoms with Gasteiger partial charge in [-0.3, -0.25) is 9.59 Å². The van der Waals surface area contributed by atoms with Gasteiger partial charge >= 0.3 is 12.4 Å². The minimum Gasteiger partial charge on any atom is -0.471 e. The zero-order chi connectivity index (χ0) is 35.1. The molecule has 1 aliphatic heterocycles. The smallest absolute Gasteiger partial charge is 0.418 e. The van der Waals surface area contributed by atoms with Crippen molar-refractivity contribution in [3.8, 4) is 5.88 Å². The molecule has 0 bridgehead atoms. The summed E-state index contributed by atoms with van der Waals surface area (Å²) in [5.74, 6) is -3.65. The Morgan fingerprint density at radius 1 is 1.02 bits per heavy atom. The Hall–Kier alpha value is -4.02. The number of fused-ring (bicyclic) bond motifs is 1. The molecule has 1 amide bonds. The number of nitrogens with zero attached hydrogens (tertiary/aromatic N) is 2. The third kappa shape index (κ3) is 8.07. The Morgan fingerprint density at radius 3 is 2.43 bits per heavy atom. The first kappa shape index (κ1) is 34.8. The largest absolute Gasteiger partial charge is 0.471 e. The van der Waals surface area contributed by atoms with E-state index in [9.17, 15) is 44.7 Å². The van der Waals surface area contributed by atoms with Crippen LogP contribution in [0.2, 0.25) is 0 Å². The van der Waals surface area contributed by atoms with Crippen LogP contribution in [0, 0.1) is 23.7 Å². The van der Waals surface area contributed by atoms with Crippen LogP contribution in [-0.2, 0) is 22.3 Å². The number of rotatable bonds is 11. The summed E-state index contributed by atoms with van der Waals surface area (Å²) in [6.45, 7) is -0.713. The number of ether oxygens (including phenoxy) is 2. The lowest BCUT2D eigenvalue weighted by atomic mass is 9.78. The van der Waals surface area contributed by atoms with Crippen molar-refractivity contribution in [2.24, 2.45) is 23.7 Å². The molecule has 2 aliphatic carbocycles. The fourth-order valence-electron chi connectivity index (χ4n) is 6.79. The van der Waals surface area contributed by atoms with Crippen molar-refractivity contribution < 1.29 is 54.2 Å². The maximum absolute atomic E-state index is 13.9. The number of carbonyl (C=O) groups is 2. The number of imidazole rings is 1. The number of alkyl halides is 8. The molecule has 2 aromatic heterocycles. The number of anilines is 2. The number of hydrogen-bond donors (Lipinski definition) is 3. The van der Waals surface area contributed by atoms with Crippen molar-refractivity contribution in [2.45, 2.75) is 76.4 Å². The number of Topliss-reactive ketones (excluding diaryl/α,β-unsaturated/α-hetero) is 1. The van der Waals surface area contributed by atoms with E-state index < -0.39 is 66.2 Å². The molecule has 0 radical (unpaired) electrons. The summed E-state index contributed by atoms with van der Waals surface area (Å²) in [5.41, 5.74) is -1.25. The SMILES string of the molecule is O=C(NCc1ccc(C(F)(F)F)c(Nc2nc3nc(OCC(F)F)c(C(=O)C4CC4C4CCC(C(F)(F)F)CC4)cc3[nH]2)c1)C1CCCO1. The normalized spacial score (nSPS) is 24.3. The fraction of sp³-hybridized carbons (Fsp3) is 0.562. The van der Waals surface area contributed by atoms with Crippen molar-refractivity contribution >= 4 is 34.5 Å². The van der Waals surface area contributed by atoms with Gasteiger partial charge < -0.3 is 25.1 Å². The Bertz CT molecular complexity index is 1680. The highest BCUT2D eigenvalue weighted by Crippen LogP contribution is 2.53. The Balaban J connectivity index is 1.21. The van der Waals surface area contributed by atoms with E-state index in [-0.39, 0.29) is 59.8 Å². The molecule has 17 heteroatoms. The van der Waals surface area contributed by atoms with Crippen molar-refractivity contribution in [3.63, 3.8) is 0 Å². The first-order valence-corrected chi connectivity index (χ1v) is 16.0. The van der Waals surface area contributed by atoms with E-state index in [4.69, 9.17) is 9.47 Å². The molecule has 3 fully saturated rings. The van der Waals surface area contributed by atoms with Gasteiger partial charge in [-0.1, -0.05) is 6.07 Å². The molecule has 0 spiro atoms. The molecule has 3 atom stereocenters. The summed E-state index contributed by atoms with van der Waals surface area (Å²) in [7, 11) is 0. The van der Waals surface area contributed by atoms with E-state index in [2.05, 4.69) is 25.6 Å². The average Bonchev–Trinajstić information content (AvgIpc) is 3.44. The number of benzene rings is 1. The van der Waals surface area contributed by atoms with Crippen LogP contribution in [0.15, 0.2) is 24.3 Å². The third-order valence-electron chi connectivity index (χ3n) is 9.40. The van der Waals surface area contributed by atoms with Gasteiger partial charge in [-0.05, 0) is 80.5 Å². The van der Waals surface area contributed by atoms with Crippen LogP contribution >= 0.6 is 0 Å². The molecule has 266 valence electrons. The Kier molecular flexibility index (Phi) is 9.74. The number of aromatic amines is 1. The predicted octanol–water partition coefficient (Wildman–Crippen LogP) is 7.35. The van der Waals surface area contributed by atoms with Crippen molar-refractivity contribution in [2.75, 3.05) is 18.5 Å². The second-order valence-corrected chi connectivity index (χ2v) is 12.7. The molecular formula is C32H33F8N5O4. The first-order chi connectivity index (χ1) is 23.2. The van der Waals surface area contributed by atoms with Gasteiger partial charge in [0.25, 0.3) is 6.43 Å². The third-order valence-corrected chi connectivity index (χ3v) is 9.40. The average molecular weight is 704 g/mol. The van der Waals surface area contributed by atoms with Crippen LogP contribution in [0.25, 0.3) is 11.2 Å². The number of hydrogen-bond acceptors (Lipinski definition) is 7. The molecule has 49 heavy (non-hydrogen) atoms. The minimum atomic E-state index is -4.77.